The van der Waals surface area contributed by atoms with Crippen molar-refractivity contribution in [1.82, 2.24) is 5.32 Å². The number of nitriles is 1. The Balaban J connectivity index is 1.44. The molecule has 1 N–H and O–H groups in total. The van der Waals surface area contributed by atoms with Crippen molar-refractivity contribution in [2.75, 3.05) is 6.79 Å². The summed E-state index contributed by atoms with van der Waals surface area (Å²) in [6.45, 7) is 0.441. The first-order valence-electron chi connectivity index (χ1n) is 8.77. The number of nitrogens with one attached hydrogen (secondary N) is 1. The largest absolute Gasteiger partial charge is 0.457 e. The molecule has 2 heterocycles. The minimum Gasteiger partial charge on any atom is -0.457 e. The number of fused-ring (bicyclic) bond motifs is 1. The van der Waals surface area contributed by atoms with Gasteiger partial charge in [-0.05, 0) is 54.1 Å². The topological polar surface area (TPSA) is 84.5 Å². The van der Waals surface area contributed by atoms with Gasteiger partial charge in [0, 0.05) is 23.2 Å². The summed E-state index contributed by atoms with van der Waals surface area (Å²) >= 11 is 5.89. The van der Waals surface area contributed by atoms with Crippen LogP contribution in [0.5, 0.6) is 11.5 Å². The molecule has 0 spiro atoms. The van der Waals surface area contributed by atoms with E-state index >= 15 is 0 Å². The molecule has 0 saturated heterocycles. The predicted molar refractivity (Wildman–Crippen MR) is 107 cm³/mol. The van der Waals surface area contributed by atoms with E-state index < -0.39 is 5.91 Å². The normalized spacial score (nSPS) is 12.5. The van der Waals surface area contributed by atoms with Gasteiger partial charge in [-0.25, -0.2) is 0 Å². The monoisotopic (exact) mass is 406 g/mol. The van der Waals surface area contributed by atoms with Crippen molar-refractivity contribution in [1.29, 1.82) is 5.26 Å². The first-order valence-corrected chi connectivity index (χ1v) is 9.14. The SMILES string of the molecule is N#C/C(=C\c1ccc(-c2ccc(Cl)cc2)o1)C(=O)NCc1ccc2c(c1)OCO2. The molecule has 1 aliphatic heterocycles. The Morgan fingerprint density at radius 2 is 1.90 bits per heavy atom. The second-order valence-electron chi connectivity index (χ2n) is 6.25. The molecular formula is C22H15ClN2O4. The highest BCUT2D eigenvalue weighted by atomic mass is 35.5. The summed E-state index contributed by atoms with van der Waals surface area (Å²) < 4.78 is 16.3. The van der Waals surface area contributed by atoms with E-state index in [0.717, 1.165) is 11.1 Å². The molecule has 0 fully saturated rings. The molecule has 1 amide bonds. The molecule has 2 aromatic carbocycles. The van der Waals surface area contributed by atoms with Gasteiger partial charge in [0.2, 0.25) is 6.79 Å². The Hall–Kier alpha value is -3.69. The molecule has 4 rings (SSSR count). The maximum Gasteiger partial charge on any atom is 0.262 e. The number of ether oxygens (including phenoxy) is 2. The molecule has 0 unspecified atom stereocenters. The van der Waals surface area contributed by atoms with E-state index in [4.69, 9.17) is 25.5 Å². The van der Waals surface area contributed by atoms with Crippen LogP contribution in [0.3, 0.4) is 0 Å². The summed E-state index contributed by atoms with van der Waals surface area (Å²) in [7, 11) is 0. The van der Waals surface area contributed by atoms with Crippen LogP contribution in [0, 0.1) is 11.3 Å². The first-order chi connectivity index (χ1) is 14.1. The van der Waals surface area contributed by atoms with Gasteiger partial charge in [0.1, 0.15) is 23.2 Å². The number of halogens is 1. The van der Waals surface area contributed by atoms with Gasteiger partial charge in [-0.1, -0.05) is 17.7 Å². The van der Waals surface area contributed by atoms with Crippen LogP contribution in [0.15, 0.2) is 64.6 Å². The van der Waals surface area contributed by atoms with Crippen LogP contribution in [0.4, 0.5) is 0 Å². The van der Waals surface area contributed by atoms with Crippen molar-refractivity contribution in [3.05, 3.63) is 76.5 Å². The number of carbonyl (C=O) groups excluding carboxylic acids is 1. The molecule has 1 aliphatic rings. The Labute approximate surface area is 171 Å². The van der Waals surface area contributed by atoms with E-state index in [1.165, 1.54) is 6.08 Å². The molecule has 0 aliphatic carbocycles. The van der Waals surface area contributed by atoms with Gasteiger partial charge < -0.3 is 19.2 Å². The smallest absolute Gasteiger partial charge is 0.262 e. The molecular weight excluding hydrogens is 392 g/mol. The van der Waals surface area contributed by atoms with Crippen LogP contribution < -0.4 is 14.8 Å². The Morgan fingerprint density at radius 3 is 2.69 bits per heavy atom. The lowest BCUT2D eigenvalue weighted by Gasteiger charge is -2.05. The number of furan rings is 1. The minimum absolute atomic E-state index is 0.0530. The molecule has 1 aromatic heterocycles. The highest BCUT2D eigenvalue weighted by Gasteiger charge is 2.15. The van der Waals surface area contributed by atoms with Crippen molar-refractivity contribution in [2.45, 2.75) is 6.54 Å². The van der Waals surface area contributed by atoms with E-state index in [1.54, 1.807) is 36.4 Å². The van der Waals surface area contributed by atoms with Gasteiger partial charge in [-0.15, -0.1) is 0 Å². The maximum absolute atomic E-state index is 12.4. The lowest BCUT2D eigenvalue weighted by Crippen LogP contribution is -2.23. The third kappa shape index (κ3) is 4.26. The average molecular weight is 407 g/mol. The second kappa shape index (κ2) is 8.13. The lowest BCUT2D eigenvalue weighted by molar-refractivity contribution is -0.117. The van der Waals surface area contributed by atoms with Gasteiger partial charge in [0.05, 0.1) is 0 Å². The number of amides is 1. The fraction of sp³-hybridized carbons (Fsp3) is 0.0909. The summed E-state index contributed by atoms with van der Waals surface area (Å²) in [4.78, 5) is 12.4. The van der Waals surface area contributed by atoms with Crippen molar-refractivity contribution in [2.24, 2.45) is 0 Å². The van der Waals surface area contributed by atoms with E-state index in [-0.39, 0.29) is 18.9 Å². The van der Waals surface area contributed by atoms with Crippen LogP contribution >= 0.6 is 11.6 Å². The van der Waals surface area contributed by atoms with Crippen molar-refractivity contribution in [3.63, 3.8) is 0 Å². The third-order valence-electron chi connectivity index (χ3n) is 4.30. The summed E-state index contributed by atoms with van der Waals surface area (Å²) in [5, 5.41) is 12.7. The van der Waals surface area contributed by atoms with Gasteiger partial charge in [-0.2, -0.15) is 5.26 Å². The van der Waals surface area contributed by atoms with E-state index in [9.17, 15) is 10.1 Å². The van der Waals surface area contributed by atoms with Gasteiger partial charge in [0.25, 0.3) is 5.91 Å². The average Bonchev–Trinajstić information content (AvgIpc) is 3.39. The van der Waals surface area contributed by atoms with E-state index in [1.807, 2.05) is 24.3 Å². The quantitative estimate of drug-likeness (QED) is 0.496. The van der Waals surface area contributed by atoms with E-state index in [2.05, 4.69) is 5.32 Å². The zero-order chi connectivity index (χ0) is 20.2. The van der Waals surface area contributed by atoms with Gasteiger partial charge >= 0.3 is 0 Å². The van der Waals surface area contributed by atoms with E-state index in [0.29, 0.717) is 28.0 Å². The zero-order valence-corrected chi connectivity index (χ0v) is 15.9. The molecule has 3 aromatic rings. The number of carbonyl (C=O) groups is 1. The van der Waals surface area contributed by atoms with Crippen LogP contribution in [0.25, 0.3) is 17.4 Å². The maximum atomic E-state index is 12.4. The number of rotatable bonds is 5. The molecule has 0 radical (unpaired) electrons. The number of hydrogen-bond donors (Lipinski definition) is 1. The third-order valence-corrected chi connectivity index (χ3v) is 4.55. The molecule has 6 nitrogen and oxygen atoms in total. The number of hydrogen-bond acceptors (Lipinski definition) is 5. The minimum atomic E-state index is -0.491. The van der Waals surface area contributed by atoms with Crippen molar-refractivity contribution >= 4 is 23.6 Å². The summed E-state index contributed by atoms with van der Waals surface area (Å²) in [5.74, 6) is 1.84. The van der Waals surface area contributed by atoms with Gasteiger partial charge in [0.15, 0.2) is 11.5 Å². The highest BCUT2D eigenvalue weighted by Crippen LogP contribution is 2.32. The number of benzene rings is 2. The Kier molecular flexibility index (Phi) is 5.23. The molecule has 0 saturated carbocycles. The van der Waals surface area contributed by atoms with Crippen molar-refractivity contribution < 1.29 is 18.7 Å². The molecule has 29 heavy (non-hydrogen) atoms. The Bertz CT molecular complexity index is 1130. The predicted octanol–water partition coefficient (Wildman–Crippen LogP) is 4.55. The summed E-state index contributed by atoms with van der Waals surface area (Å²) in [5.41, 5.74) is 1.63. The second-order valence-corrected chi connectivity index (χ2v) is 6.69. The van der Waals surface area contributed by atoms with Crippen LogP contribution in [-0.2, 0) is 11.3 Å². The molecule has 144 valence electrons. The fourth-order valence-electron chi connectivity index (χ4n) is 2.82. The zero-order valence-electron chi connectivity index (χ0n) is 15.1. The highest BCUT2D eigenvalue weighted by molar-refractivity contribution is 6.30. The molecule has 0 bridgehead atoms. The standard InChI is InChI=1S/C22H15ClN2O4/c23-17-4-2-15(3-5-17)19-8-6-18(29-19)10-16(11-24)22(26)25-12-14-1-7-20-21(9-14)28-13-27-20/h1-10H,12-13H2,(H,25,26)/b16-10+. The Morgan fingerprint density at radius 1 is 1.10 bits per heavy atom. The van der Waals surface area contributed by atoms with Crippen LogP contribution in [0.1, 0.15) is 11.3 Å². The first kappa shape index (κ1) is 18.7. The molecule has 7 heteroatoms. The number of nitrogens with zero attached hydrogens (tertiary/aromatic N) is 1. The van der Waals surface area contributed by atoms with Crippen molar-refractivity contribution in [3.8, 4) is 28.9 Å². The van der Waals surface area contributed by atoms with Gasteiger partial charge in [-0.3, -0.25) is 4.79 Å². The fourth-order valence-corrected chi connectivity index (χ4v) is 2.95. The van der Waals surface area contributed by atoms with Crippen LogP contribution in [-0.4, -0.2) is 12.7 Å². The molecule has 0 atom stereocenters. The lowest BCUT2D eigenvalue weighted by atomic mass is 10.2. The summed E-state index contributed by atoms with van der Waals surface area (Å²) in [6, 6.07) is 18.0. The summed E-state index contributed by atoms with van der Waals surface area (Å²) in [6.07, 6.45) is 1.41. The van der Waals surface area contributed by atoms with Crippen LogP contribution in [0.2, 0.25) is 5.02 Å².